The summed E-state index contributed by atoms with van der Waals surface area (Å²) >= 11 is 0. The molecule has 94 valence electrons. The van der Waals surface area contributed by atoms with Gasteiger partial charge in [0.2, 0.25) is 0 Å². The van der Waals surface area contributed by atoms with Crippen molar-refractivity contribution in [3.8, 4) is 0 Å². The molecule has 1 aromatic carbocycles. The number of nitrogen functional groups attached to an aromatic ring is 1. The van der Waals surface area contributed by atoms with E-state index in [4.69, 9.17) is 5.84 Å². The smallest absolute Gasteiger partial charge is 0.256 e. The molecule has 1 amide bonds. The van der Waals surface area contributed by atoms with Crippen LogP contribution in [0.5, 0.6) is 0 Å². The molecule has 2 rings (SSSR count). The fourth-order valence-electron chi connectivity index (χ4n) is 1.68. The Hall–Kier alpha value is -2.34. The average molecular weight is 245 g/mol. The first-order chi connectivity index (χ1) is 8.72. The Morgan fingerprint density at radius 1 is 1.50 bits per heavy atom. The molecule has 0 aliphatic carbocycles. The number of anilines is 1. The van der Waals surface area contributed by atoms with Crippen molar-refractivity contribution in [2.45, 2.75) is 6.54 Å². The number of aromatic amines is 1. The van der Waals surface area contributed by atoms with E-state index in [0.717, 1.165) is 5.82 Å². The third kappa shape index (κ3) is 2.49. The molecule has 18 heavy (non-hydrogen) atoms. The fourth-order valence-corrected chi connectivity index (χ4v) is 1.68. The van der Waals surface area contributed by atoms with Crippen LogP contribution in [-0.2, 0) is 6.54 Å². The number of nitrogens with one attached hydrogen (secondary N) is 2. The van der Waals surface area contributed by atoms with Crippen molar-refractivity contribution in [2.24, 2.45) is 5.84 Å². The summed E-state index contributed by atoms with van der Waals surface area (Å²) in [7, 11) is 1.72. The van der Waals surface area contributed by atoms with Gasteiger partial charge in [-0.25, -0.2) is 4.98 Å². The second kappa shape index (κ2) is 5.33. The molecule has 0 atom stereocenters. The molecule has 2 aromatic rings. The lowest BCUT2D eigenvalue weighted by Crippen LogP contribution is -2.28. The maximum absolute atomic E-state index is 12.2. The van der Waals surface area contributed by atoms with E-state index in [-0.39, 0.29) is 5.91 Å². The minimum atomic E-state index is -0.111. The Labute approximate surface area is 105 Å². The highest BCUT2D eigenvalue weighted by molar-refractivity contribution is 5.99. The highest BCUT2D eigenvalue weighted by atomic mass is 16.2. The number of imidazole rings is 1. The van der Waals surface area contributed by atoms with Crippen LogP contribution in [0.25, 0.3) is 0 Å². The number of hydrazine groups is 1. The number of nitrogens with two attached hydrogens (primary N) is 1. The number of hydrogen-bond donors (Lipinski definition) is 3. The second-order valence-electron chi connectivity index (χ2n) is 3.89. The summed E-state index contributed by atoms with van der Waals surface area (Å²) in [6, 6.07) is 7.11. The van der Waals surface area contributed by atoms with Crippen LogP contribution in [0.15, 0.2) is 36.7 Å². The van der Waals surface area contributed by atoms with Gasteiger partial charge in [-0.15, -0.1) is 0 Å². The highest BCUT2D eigenvalue weighted by Gasteiger charge is 2.15. The first-order valence-electron chi connectivity index (χ1n) is 5.51. The van der Waals surface area contributed by atoms with Gasteiger partial charge < -0.3 is 15.3 Å². The number of para-hydroxylation sites is 1. The van der Waals surface area contributed by atoms with Crippen LogP contribution in [0.1, 0.15) is 16.2 Å². The summed E-state index contributed by atoms with van der Waals surface area (Å²) in [6.45, 7) is 0.421. The zero-order valence-electron chi connectivity index (χ0n) is 10.1. The van der Waals surface area contributed by atoms with E-state index in [1.165, 1.54) is 0 Å². The lowest BCUT2D eigenvalue weighted by molar-refractivity contribution is 0.0783. The quantitative estimate of drug-likeness (QED) is 0.553. The van der Waals surface area contributed by atoms with Crippen LogP contribution in [0.3, 0.4) is 0 Å². The Morgan fingerprint density at radius 3 is 2.94 bits per heavy atom. The number of nitrogens with zero attached hydrogens (tertiary/aromatic N) is 2. The number of carbonyl (C=O) groups excluding carboxylic acids is 1. The number of benzene rings is 1. The molecule has 0 fully saturated rings. The van der Waals surface area contributed by atoms with Gasteiger partial charge in [0.25, 0.3) is 5.91 Å². The van der Waals surface area contributed by atoms with E-state index >= 15 is 0 Å². The molecule has 0 saturated carbocycles. The summed E-state index contributed by atoms with van der Waals surface area (Å²) in [4.78, 5) is 20.9. The van der Waals surface area contributed by atoms with Gasteiger partial charge in [0, 0.05) is 19.4 Å². The summed E-state index contributed by atoms with van der Waals surface area (Å²) < 4.78 is 0. The lowest BCUT2D eigenvalue weighted by atomic mass is 10.1. The zero-order valence-corrected chi connectivity index (χ0v) is 10.1. The summed E-state index contributed by atoms with van der Waals surface area (Å²) in [5.74, 6) is 6.01. The third-order valence-electron chi connectivity index (χ3n) is 2.60. The maximum Gasteiger partial charge on any atom is 0.256 e. The molecule has 1 heterocycles. The van der Waals surface area contributed by atoms with Crippen molar-refractivity contribution in [1.29, 1.82) is 0 Å². The molecule has 4 N–H and O–H groups in total. The Kier molecular flexibility index (Phi) is 3.59. The predicted octanol–water partition coefficient (Wildman–Crippen LogP) is 0.968. The van der Waals surface area contributed by atoms with Crippen LogP contribution in [0, 0.1) is 0 Å². The molecular formula is C12H15N5O. The van der Waals surface area contributed by atoms with E-state index in [9.17, 15) is 4.79 Å². The van der Waals surface area contributed by atoms with Crippen molar-refractivity contribution >= 4 is 11.6 Å². The van der Waals surface area contributed by atoms with Gasteiger partial charge in [-0.2, -0.15) is 0 Å². The number of H-pyrrole nitrogens is 1. The molecular weight excluding hydrogens is 230 g/mol. The zero-order chi connectivity index (χ0) is 13.0. The standard InChI is InChI=1S/C12H15N5O/c1-17(8-11-14-6-7-15-11)12(18)9-4-2-3-5-10(9)16-13/h2-7,16H,8,13H2,1H3,(H,14,15). The molecule has 6 heteroatoms. The SMILES string of the molecule is CN(Cc1ncc[nH]1)C(=O)c1ccccc1NN. The predicted molar refractivity (Wildman–Crippen MR) is 68.6 cm³/mol. The van der Waals surface area contributed by atoms with Crippen LogP contribution >= 0.6 is 0 Å². The molecule has 6 nitrogen and oxygen atoms in total. The molecule has 0 aliphatic rings. The van der Waals surface area contributed by atoms with E-state index in [0.29, 0.717) is 17.8 Å². The first-order valence-corrected chi connectivity index (χ1v) is 5.51. The maximum atomic E-state index is 12.2. The van der Waals surface area contributed by atoms with Gasteiger partial charge in [-0.1, -0.05) is 12.1 Å². The molecule has 0 bridgehead atoms. The second-order valence-corrected chi connectivity index (χ2v) is 3.89. The molecule has 0 radical (unpaired) electrons. The van der Waals surface area contributed by atoms with Gasteiger partial charge in [0.05, 0.1) is 17.8 Å². The monoisotopic (exact) mass is 245 g/mol. The van der Waals surface area contributed by atoms with E-state index in [1.54, 1.807) is 42.5 Å². The summed E-state index contributed by atoms with van der Waals surface area (Å²) in [5.41, 5.74) is 3.66. The number of hydrogen-bond acceptors (Lipinski definition) is 4. The fraction of sp³-hybridized carbons (Fsp3) is 0.167. The summed E-state index contributed by atoms with van der Waals surface area (Å²) in [5, 5.41) is 0. The van der Waals surface area contributed by atoms with Crippen LogP contribution < -0.4 is 11.3 Å². The van der Waals surface area contributed by atoms with E-state index in [2.05, 4.69) is 15.4 Å². The van der Waals surface area contributed by atoms with Crippen molar-refractivity contribution in [2.75, 3.05) is 12.5 Å². The van der Waals surface area contributed by atoms with Crippen molar-refractivity contribution in [1.82, 2.24) is 14.9 Å². The van der Waals surface area contributed by atoms with Gasteiger partial charge in [0.1, 0.15) is 5.82 Å². The van der Waals surface area contributed by atoms with Gasteiger partial charge in [-0.3, -0.25) is 10.6 Å². The average Bonchev–Trinajstić information content (AvgIpc) is 2.90. The number of carbonyl (C=O) groups is 1. The van der Waals surface area contributed by atoms with E-state index in [1.807, 2.05) is 6.07 Å². The van der Waals surface area contributed by atoms with Crippen molar-refractivity contribution in [3.63, 3.8) is 0 Å². The molecule has 1 aromatic heterocycles. The number of rotatable bonds is 4. The Balaban J connectivity index is 2.15. The molecule has 0 saturated heterocycles. The van der Waals surface area contributed by atoms with Crippen LogP contribution in [0.4, 0.5) is 5.69 Å². The molecule has 0 spiro atoms. The Morgan fingerprint density at radius 2 is 2.28 bits per heavy atom. The third-order valence-corrected chi connectivity index (χ3v) is 2.60. The molecule has 0 unspecified atom stereocenters. The minimum absolute atomic E-state index is 0.111. The van der Waals surface area contributed by atoms with Gasteiger partial charge >= 0.3 is 0 Å². The van der Waals surface area contributed by atoms with Crippen LogP contribution in [-0.4, -0.2) is 27.8 Å². The topological polar surface area (TPSA) is 87.0 Å². The summed E-state index contributed by atoms with van der Waals surface area (Å²) in [6.07, 6.45) is 3.38. The van der Waals surface area contributed by atoms with Crippen molar-refractivity contribution < 1.29 is 4.79 Å². The van der Waals surface area contributed by atoms with Gasteiger partial charge in [-0.05, 0) is 12.1 Å². The highest BCUT2D eigenvalue weighted by Crippen LogP contribution is 2.16. The van der Waals surface area contributed by atoms with Gasteiger partial charge in [0.15, 0.2) is 0 Å². The van der Waals surface area contributed by atoms with Crippen LogP contribution in [0.2, 0.25) is 0 Å². The van der Waals surface area contributed by atoms with E-state index < -0.39 is 0 Å². The largest absolute Gasteiger partial charge is 0.347 e. The normalized spacial score (nSPS) is 10.1. The minimum Gasteiger partial charge on any atom is -0.347 e. The lowest BCUT2D eigenvalue weighted by Gasteiger charge is -2.17. The number of amides is 1. The first kappa shape index (κ1) is 12.1. The number of aromatic nitrogens is 2. The van der Waals surface area contributed by atoms with Crippen molar-refractivity contribution in [3.05, 3.63) is 48.0 Å². The molecule has 0 aliphatic heterocycles. The Bertz CT molecular complexity index is 523.